The lowest BCUT2D eigenvalue weighted by atomic mass is 10.1. The number of hydrogen-bond donors (Lipinski definition) is 0. The van der Waals surface area contributed by atoms with Crippen molar-refractivity contribution in [2.24, 2.45) is 0 Å². The Labute approximate surface area is 146 Å². The van der Waals surface area contributed by atoms with Crippen molar-refractivity contribution in [2.75, 3.05) is 20.2 Å². The second-order valence-corrected chi connectivity index (χ2v) is 6.13. The highest BCUT2D eigenvalue weighted by atomic mass is 16.5. The normalized spacial score (nSPS) is 10.9. The lowest BCUT2D eigenvalue weighted by Crippen LogP contribution is -2.31. The van der Waals surface area contributed by atoms with E-state index in [-0.39, 0.29) is 11.7 Å². The zero-order valence-corrected chi connectivity index (χ0v) is 14.9. The molecule has 0 aliphatic carbocycles. The third-order valence-corrected chi connectivity index (χ3v) is 3.86. The number of carbonyl (C=O) groups is 1. The largest absolute Gasteiger partial charge is 0.492 e. The van der Waals surface area contributed by atoms with Gasteiger partial charge < -0.3 is 9.64 Å². The quantitative estimate of drug-likeness (QED) is 0.712. The Kier molecular flexibility index (Phi) is 4.65. The molecular formula is C18H21N5O2. The molecule has 3 rings (SSSR count). The third kappa shape index (κ3) is 3.76. The van der Waals surface area contributed by atoms with E-state index < -0.39 is 0 Å². The molecule has 25 heavy (non-hydrogen) atoms. The van der Waals surface area contributed by atoms with Gasteiger partial charge in [0.1, 0.15) is 12.4 Å². The second kappa shape index (κ2) is 6.88. The van der Waals surface area contributed by atoms with Crippen LogP contribution in [0.25, 0.3) is 5.78 Å². The zero-order valence-electron chi connectivity index (χ0n) is 14.9. The average Bonchev–Trinajstić information content (AvgIpc) is 2.98. The summed E-state index contributed by atoms with van der Waals surface area (Å²) < 4.78 is 7.31. The topological polar surface area (TPSA) is 72.6 Å². The van der Waals surface area contributed by atoms with Crippen LogP contribution in [-0.4, -0.2) is 50.6 Å². The number of rotatable bonds is 5. The van der Waals surface area contributed by atoms with Crippen molar-refractivity contribution in [1.82, 2.24) is 24.5 Å². The number of aromatic nitrogens is 4. The Bertz CT molecular complexity index is 899. The number of fused-ring (bicyclic) bond motifs is 1. The van der Waals surface area contributed by atoms with Crippen LogP contribution in [0.1, 0.15) is 27.4 Å². The van der Waals surface area contributed by atoms with Gasteiger partial charge in [-0.05, 0) is 50.1 Å². The van der Waals surface area contributed by atoms with Gasteiger partial charge in [-0.25, -0.2) is 9.50 Å². The highest BCUT2D eigenvalue weighted by molar-refractivity contribution is 5.90. The summed E-state index contributed by atoms with van der Waals surface area (Å²) in [5.41, 5.74) is 3.17. The predicted molar refractivity (Wildman–Crippen MR) is 93.9 cm³/mol. The van der Waals surface area contributed by atoms with Gasteiger partial charge in [0.05, 0.1) is 6.54 Å². The van der Waals surface area contributed by atoms with Crippen LogP contribution in [0.3, 0.4) is 0 Å². The van der Waals surface area contributed by atoms with Gasteiger partial charge in [-0.2, -0.15) is 4.98 Å². The van der Waals surface area contributed by atoms with Crippen LogP contribution in [0.15, 0.2) is 30.5 Å². The fraction of sp³-hybridized carbons (Fsp3) is 0.333. The van der Waals surface area contributed by atoms with E-state index in [1.54, 1.807) is 22.7 Å². The first-order chi connectivity index (χ1) is 11.9. The Balaban J connectivity index is 1.63. The number of nitrogens with zero attached hydrogens (tertiary/aromatic N) is 5. The van der Waals surface area contributed by atoms with Gasteiger partial charge in [-0.1, -0.05) is 6.07 Å². The summed E-state index contributed by atoms with van der Waals surface area (Å²) in [6.45, 7) is 6.78. The molecule has 2 heterocycles. The van der Waals surface area contributed by atoms with Crippen molar-refractivity contribution < 1.29 is 9.53 Å². The van der Waals surface area contributed by atoms with Gasteiger partial charge >= 0.3 is 0 Å². The number of hydrogen-bond acceptors (Lipinski definition) is 5. The third-order valence-electron chi connectivity index (χ3n) is 3.86. The highest BCUT2D eigenvalue weighted by Crippen LogP contribution is 2.16. The first kappa shape index (κ1) is 16.9. The average molecular weight is 339 g/mol. The first-order valence-electron chi connectivity index (χ1n) is 8.09. The lowest BCUT2D eigenvalue weighted by Gasteiger charge is -2.16. The molecule has 0 bridgehead atoms. The Morgan fingerprint density at radius 2 is 1.92 bits per heavy atom. The second-order valence-electron chi connectivity index (χ2n) is 6.13. The minimum absolute atomic E-state index is 0.135. The van der Waals surface area contributed by atoms with Crippen LogP contribution in [0.2, 0.25) is 0 Å². The molecule has 7 nitrogen and oxygen atoms in total. The first-order valence-corrected chi connectivity index (χ1v) is 8.09. The van der Waals surface area contributed by atoms with E-state index in [2.05, 4.69) is 21.1 Å². The molecule has 0 radical (unpaired) electrons. The smallest absolute Gasteiger partial charge is 0.293 e. The molecule has 0 saturated carbocycles. The monoisotopic (exact) mass is 339 g/mol. The minimum atomic E-state index is -0.256. The Morgan fingerprint density at radius 3 is 2.60 bits per heavy atom. The molecule has 0 saturated heterocycles. The Hall–Kier alpha value is -2.96. The fourth-order valence-corrected chi connectivity index (χ4v) is 2.59. The van der Waals surface area contributed by atoms with Crippen LogP contribution < -0.4 is 4.74 Å². The number of benzene rings is 1. The molecule has 130 valence electrons. The van der Waals surface area contributed by atoms with Crippen molar-refractivity contribution in [3.63, 3.8) is 0 Å². The van der Waals surface area contributed by atoms with E-state index in [0.717, 1.165) is 22.6 Å². The van der Waals surface area contributed by atoms with Gasteiger partial charge in [-0.3, -0.25) is 4.79 Å². The highest BCUT2D eigenvalue weighted by Gasteiger charge is 2.18. The molecule has 1 amide bonds. The van der Waals surface area contributed by atoms with E-state index in [1.807, 2.05) is 39.0 Å². The van der Waals surface area contributed by atoms with E-state index in [4.69, 9.17) is 4.74 Å². The predicted octanol–water partition coefficient (Wildman–Crippen LogP) is 2.20. The summed E-state index contributed by atoms with van der Waals surface area (Å²) in [6.07, 6.45) is 1.65. The van der Waals surface area contributed by atoms with Crippen LogP contribution in [0.5, 0.6) is 5.75 Å². The maximum absolute atomic E-state index is 12.5. The van der Waals surface area contributed by atoms with Crippen LogP contribution in [-0.2, 0) is 0 Å². The summed E-state index contributed by atoms with van der Waals surface area (Å²) in [5.74, 6) is 1.11. The summed E-state index contributed by atoms with van der Waals surface area (Å²) in [5, 5.41) is 4.23. The van der Waals surface area contributed by atoms with E-state index in [1.165, 1.54) is 0 Å². The van der Waals surface area contributed by atoms with Crippen molar-refractivity contribution in [3.8, 4) is 5.75 Å². The fourth-order valence-electron chi connectivity index (χ4n) is 2.59. The maximum Gasteiger partial charge on any atom is 0.293 e. The molecule has 0 spiro atoms. The number of aryl methyl sites for hydroxylation is 3. The summed E-state index contributed by atoms with van der Waals surface area (Å²) in [7, 11) is 1.71. The molecule has 0 fully saturated rings. The summed E-state index contributed by atoms with van der Waals surface area (Å²) in [4.78, 5) is 22.3. The van der Waals surface area contributed by atoms with Crippen molar-refractivity contribution >= 4 is 11.7 Å². The van der Waals surface area contributed by atoms with Crippen molar-refractivity contribution in [1.29, 1.82) is 0 Å². The Morgan fingerprint density at radius 1 is 1.20 bits per heavy atom. The number of ether oxygens (including phenoxy) is 1. The minimum Gasteiger partial charge on any atom is -0.492 e. The molecule has 0 N–H and O–H groups in total. The summed E-state index contributed by atoms with van der Waals surface area (Å²) in [6, 6.07) is 7.87. The van der Waals surface area contributed by atoms with E-state index in [0.29, 0.717) is 18.9 Å². The van der Waals surface area contributed by atoms with Crippen LogP contribution >= 0.6 is 0 Å². The van der Waals surface area contributed by atoms with Gasteiger partial charge in [-0.15, -0.1) is 5.10 Å². The zero-order chi connectivity index (χ0) is 18.0. The molecular weight excluding hydrogens is 318 g/mol. The van der Waals surface area contributed by atoms with Gasteiger partial charge in [0.2, 0.25) is 5.82 Å². The SMILES string of the molecule is Cc1cc(C)cc(OCCN(C)C(=O)c2nc3nccc(C)n3n2)c1. The van der Waals surface area contributed by atoms with Crippen LogP contribution in [0.4, 0.5) is 0 Å². The molecule has 2 aromatic heterocycles. The molecule has 0 unspecified atom stereocenters. The molecule has 0 aliphatic rings. The van der Waals surface area contributed by atoms with Crippen molar-refractivity contribution in [3.05, 3.63) is 53.1 Å². The van der Waals surface area contributed by atoms with E-state index in [9.17, 15) is 4.79 Å². The van der Waals surface area contributed by atoms with Gasteiger partial charge in [0.15, 0.2) is 0 Å². The van der Waals surface area contributed by atoms with Gasteiger partial charge in [0, 0.05) is 18.9 Å². The maximum atomic E-state index is 12.5. The number of likely N-dealkylation sites (N-methyl/N-ethyl adjacent to an activating group) is 1. The molecule has 3 aromatic rings. The van der Waals surface area contributed by atoms with Crippen molar-refractivity contribution in [2.45, 2.75) is 20.8 Å². The lowest BCUT2D eigenvalue weighted by molar-refractivity contribution is 0.0762. The van der Waals surface area contributed by atoms with Gasteiger partial charge in [0.25, 0.3) is 11.7 Å². The molecule has 7 heteroatoms. The molecule has 0 atom stereocenters. The number of carbonyl (C=O) groups excluding carboxylic acids is 1. The molecule has 1 aromatic carbocycles. The summed E-state index contributed by atoms with van der Waals surface area (Å²) >= 11 is 0. The van der Waals surface area contributed by atoms with E-state index >= 15 is 0 Å². The molecule has 0 aliphatic heterocycles. The standard InChI is InChI=1S/C18H21N5O2/c1-12-9-13(2)11-15(10-12)25-8-7-22(4)17(24)16-20-18-19-6-5-14(3)23(18)21-16/h5-6,9-11H,7-8H2,1-4H3. The number of amides is 1. The van der Waals surface area contributed by atoms with Crippen LogP contribution in [0, 0.1) is 20.8 Å².